The second kappa shape index (κ2) is 5.77. The number of hydrogen-bond acceptors (Lipinski definition) is 5. The van der Waals surface area contributed by atoms with Gasteiger partial charge in [-0.25, -0.2) is 0 Å². The van der Waals surface area contributed by atoms with Gasteiger partial charge < -0.3 is 27.0 Å². The van der Waals surface area contributed by atoms with Gasteiger partial charge in [-0.2, -0.15) is 0 Å². The number of nitrogens with one attached hydrogen (secondary N) is 4. The standard InChI is InChI=1S/C10H23N5/c11-5-8(9-6-12-1-3-14-9)10-7-13-2-4-15-10/h8-10,12-15H,1-7,11H2. The Hall–Kier alpha value is -0.200. The third kappa shape index (κ3) is 2.89. The van der Waals surface area contributed by atoms with Crippen LogP contribution in [0.1, 0.15) is 0 Å². The van der Waals surface area contributed by atoms with Crippen molar-refractivity contribution in [2.75, 3.05) is 45.8 Å². The van der Waals surface area contributed by atoms with Gasteiger partial charge in [-0.1, -0.05) is 0 Å². The summed E-state index contributed by atoms with van der Waals surface area (Å²) in [6.07, 6.45) is 0. The summed E-state index contributed by atoms with van der Waals surface area (Å²) in [7, 11) is 0. The van der Waals surface area contributed by atoms with Gasteiger partial charge in [0.1, 0.15) is 0 Å². The van der Waals surface area contributed by atoms with Gasteiger partial charge in [-0.05, 0) is 6.54 Å². The Balaban J connectivity index is 1.88. The van der Waals surface area contributed by atoms with Crippen LogP contribution in [0.4, 0.5) is 0 Å². The fraction of sp³-hybridized carbons (Fsp3) is 1.00. The average Bonchev–Trinajstić information content (AvgIpc) is 2.33. The molecule has 0 radical (unpaired) electrons. The lowest BCUT2D eigenvalue weighted by molar-refractivity contribution is 0.230. The quantitative estimate of drug-likeness (QED) is 0.364. The molecule has 15 heavy (non-hydrogen) atoms. The molecule has 5 heteroatoms. The monoisotopic (exact) mass is 213 g/mol. The summed E-state index contributed by atoms with van der Waals surface area (Å²) < 4.78 is 0. The third-order valence-electron chi connectivity index (χ3n) is 3.45. The van der Waals surface area contributed by atoms with Crippen molar-refractivity contribution in [1.82, 2.24) is 21.3 Å². The van der Waals surface area contributed by atoms with Crippen LogP contribution in [0.25, 0.3) is 0 Å². The molecule has 2 aliphatic rings. The molecule has 6 N–H and O–H groups in total. The smallest absolute Gasteiger partial charge is 0.0248 e. The predicted octanol–water partition coefficient (Wildman–Crippen LogP) is -2.32. The first-order valence-corrected chi connectivity index (χ1v) is 6.00. The first-order chi connectivity index (χ1) is 7.42. The molecular weight excluding hydrogens is 190 g/mol. The van der Waals surface area contributed by atoms with Crippen LogP contribution in [-0.4, -0.2) is 57.9 Å². The fourth-order valence-electron chi connectivity index (χ4n) is 2.57. The molecule has 5 nitrogen and oxygen atoms in total. The summed E-state index contributed by atoms with van der Waals surface area (Å²) in [6, 6.07) is 1.03. The Labute approximate surface area is 91.6 Å². The molecule has 88 valence electrons. The maximum atomic E-state index is 5.90. The molecule has 0 saturated carbocycles. The van der Waals surface area contributed by atoms with Crippen molar-refractivity contribution in [3.63, 3.8) is 0 Å². The molecule has 2 heterocycles. The number of hydrogen-bond donors (Lipinski definition) is 5. The van der Waals surface area contributed by atoms with Gasteiger partial charge in [-0.15, -0.1) is 0 Å². The van der Waals surface area contributed by atoms with Crippen molar-refractivity contribution in [2.24, 2.45) is 11.7 Å². The number of nitrogens with two attached hydrogens (primary N) is 1. The van der Waals surface area contributed by atoms with E-state index >= 15 is 0 Å². The topological polar surface area (TPSA) is 74.1 Å². The summed E-state index contributed by atoms with van der Waals surface area (Å²) in [5.74, 6) is 0.519. The Morgan fingerprint density at radius 3 is 1.80 bits per heavy atom. The van der Waals surface area contributed by atoms with E-state index in [0.29, 0.717) is 18.0 Å². The maximum Gasteiger partial charge on any atom is 0.0248 e. The van der Waals surface area contributed by atoms with Crippen molar-refractivity contribution in [1.29, 1.82) is 0 Å². The highest BCUT2D eigenvalue weighted by Gasteiger charge is 2.29. The summed E-state index contributed by atoms with van der Waals surface area (Å²) >= 11 is 0. The van der Waals surface area contributed by atoms with E-state index in [-0.39, 0.29) is 0 Å². The Morgan fingerprint density at radius 1 is 0.933 bits per heavy atom. The number of piperazine rings is 2. The summed E-state index contributed by atoms with van der Waals surface area (Å²) in [5.41, 5.74) is 5.90. The van der Waals surface area contributed by atoms with Crippen molar-refractivity contribution < 1.29 is 0 Å². The zero-order valence-electron chi connectivity index (χ0n) is 9.26. The minimum atomic E-state index is 0.515. The molecule has 2 aliphatic heterocycles. The lowest BCUT2D eigenvalue weighted by Gasteiger charge is -2.38. The normalized spacial score (nSPS) is 35.0. The fourth-order valence-corrected chi connectivity index (χ4v) is 2.57. The molecule has 2 rings (SSSR count). The Kier molecular flexibility index (Phi) is 4.34. The first-order valence-electron chi connectivity index (χ1n) is 6.00. The van der Waals surface area contributed by atoms with Crippen LogP contribution in [0.15, 0.2) is 0 Å². The van der Waals surface area contributed by atoms with E-state index in [4.69, 9.17) is 5.73 Å². The third-order valence-corrected chi connectivity index (χ3v) is 3.45. The lowest BCUT2D eigenvalue weighted by Crippen LogP contribution is -2.62. The summed E-state index contributed by atoms with van der Waals surface area (Å²) in [4.78, 5) is 0. The van der Waals surface area contributed by atoms with Gasteiger partial charge in [0.15, 0.2) is 0 Å². The molecule has 0 aromatic heterocycles. The zero-order chi connectivity index (χ0) is 10.5. The molecule has 0 amide bonds. The van der Waals surface area contributed by atoms with Gasteiger partial charge in [0.2, 0.25) is 0 Å². The highest BCUT2D eigenvalue weighted by Crippen LogP contribution is 2.10. The largest absolute Gasteiger partial charge is 0.330 e. The number of rotatable bonds is 3. The minimum absolute atomic E-state index is 0.515. The Bertz CT molecular complexity index is 157. The molecular formula is C10H23N5. The molecule has 0 aromatic rings. The van der Waals surface area contributed by atoms with Gasteiger partial charge in [0.05, 0.1) is 0 Å². The van der Waals surface area contributed by atoms with Crippen LogP contribution in [0, 0.1) is 5.92 Å². The van der Waals surface area contributed by atoms with E-state index in [1.165, 1.54) is 0 Å². The van der Waals surface area contributed by atoms with Crippen molar-refractivity contribution in [3.05, 3.63) is 0 Å². The molecule has 0 aliphatic carbocycles. The van der Waals surface area contributed by atoms with E-state index in [2.05, 4.69) is 21.3 Å². The van der Waals surface area contributed by atoms with Crippen LogP contribution >= 0.6 is 0 Å². The van der Waals surface area contributed by atoms with E-state index in [1.54, 1.807) is 0 Å². The molecule has 2 unspecified atom stereocenters. The van der Waals surface area contributed by atoms with E-state index in [1.807, 2.05) is 0 Å². The molecule has 0 aromatic carbocycles. The van der Waals surface area contributed by atoms with Gasteiger partial charge in [0.25, 0.3) is 0 Å². The van der Waals surface area contributed by atoms with Gasteiger partial charge in [0, 0.05) is 57.3 Å². The van der Waals surface area contributed by atoms with Gasteiger partial charge >= 0.3 is 0 Å². The SMILES string of the molecule is NCC(C1CNCCN1)C1CNCCN1. The Morgan fingerprint density at radius 2 is 1.47 bits per heavy atom. The molecule has 2 fully saturated rings. The minimum Gasteiger partial charge on any atom is -0.330 e. The van der Waals surface area contributed by atoms with E-state index in [0.717, 1.165) is 45.8 Å². The average molecular weight is 213 g/mol. The highest BCUT2D eigenvalue weighted by molar-refractivity contribution is 4.92. The molecule has 2 saturated heterocycles. The van der Waals surface area contributed by atoms with Crippen LogP contribution in [0.2, 0.25) is 0 Å². The van der Waals surface area contributed by atoms with Gasteiger partial charge in [-0.3, -0.25) is 0 Å². The second-order valence-corrected chi connectivity index (χ2v) is 4.43. The van der Waals surface area contributed by atoms with Crippen molar-refractivity contribution in [3.8, 4) is 0 Å². The second-order valence-electron chi connectivity index (χ2n) is 4.43. The first kappa shape index (κ1) is 11.3. The van der Waals surface area contributed by atoms with Crippen LogP contribution in [0.5, 0.6) is 0 Å². The summed E-state index contributed by atoms with van der Waals surface area (Å²) in [6.45, 7) is 7.09. The predicted molar refractivity (Wildman–Crippen MR) is 61.9 cm³/mol. The molecule has 2 atom stereocenters. The lowest BCUT2D eigenvalue weighted by atomic mass is 9.89. The van der Waals surface area contributed by atoms with Crippen molar-refractivity contribution in [2.45, 2.75) is 12.1 Å². The van der Waals surface area contributed by atoms with Crippen molar-refractivity contribution >= 4 is 0 Å². The van der Waals surface area contributed by atoms with Crippen LogP contribution in [0.3, 0.4) is 0 Å². The maximum absolute atomic E-state index is 5.90. The highest BCUT2D eigenvalue weighted by atomic mass is 15.1. The zero-order valence-corrected chi connectivity index (χ0v) is 9.26. The van der Waals surface area contributed by atoms with E-state index in [9.17, 15) is 0 Å². The van der Waals surface area contributed by atoms with E-state index < -0.39 is 0 Å². The summed E-state index contributed by atoms with van der Waals surface area (Å²) in [5, 5.41) is 14.0. The molecule has 0 spiro atoms. The molecule has 0 bridgehead atoms. The van der Waals surface area contributed by atoms with Crippen LogP contribution < -0.4 is 27.0 Å². The van der Waals surface area contributed by atoms with Crippen LogP contribution in [-0.2, 0) is 0 Å².